The van der Waals surface area contributed by atoms with E-state index < -0.39 is 0 Å². The lowest BCUT2D eigenvalue weighted by atomic mass is 10.1. The molecule has 0 heterocycles. The first-order valence-electron chi connectivity index (χ1n) is 5.87. The normalized spacial score (nSPS) is 11.9. The Morgan fingerprint density at radius 1 is 1.47 bits per heavy atom. The number of benzene rings is 1. The molecule has 17 heavy (non-hydrogen) atoms. The molecule has 0 saturated heterocycles. The van der Waals surface area contributed by atoms with Crippen molar-refractivity contribution >= 4 is 11.6 Å². The highest BCUT2D eigenvalue weighted by Gasteiger charge is 2.06. The summed E-state index contributed by atoms with van der Waals surface area (Å²) in [6.07, 6.45) is 1.05. The van der Waals surface area contributed by atoms with Crippen LogP contribution < -0.4 is 15.8 Å². The molecule has 94 valence electrons. The Morgan fingerprint density at radius 2 is 2.18 bits per heavy atom. The zero-order valence-electron chi connectivity index (χ0n) is 10.4. The summed E-state index contributed by atoms with van der Waals surface area (Å²) < 4.78 is 5.33. The van der Waals surface area contributed by atoms with E-state index >= 15 is 0 Å². The Labute approximate surface area is 102 Å². The van der Waals surface area contributed by atoms with E-state index in [4.69, 9.17) is 10.5 Å². The quantitative estimate of drug-likeness (QED) is 0.740. The van der Waals surface area contributed by atoms with Crippen LogP contribution in [0.1, 0.15) is 20.3 Å². The maximum atomic E-state index is 11.5. The van der Waals surface area contributed by atoms with Crippen LogP contribution in [0.2, 0.25) is 0 Å². The fraction of sp³-hybridized carbons (Fsp3) is 0.462. The van der Waals surface area contributed by atoms with E-state index in [0.29, 0.717) is 23.9 Å². The number of hydrogen-bond donors (Lipinski definition) is 2. The fourth-order valence-corrected chi connectivity index (χ4v) is 1.24. The third kappa shape index (κ3) is 4.76. The standard InChI is InChI=1S/C13H20N2O2/c1-3-10(2)8-15-13(16)9-17-12-7-5-4-6-11(12)14/h4-7,10H,3,8-9,14H2,1-2H3,(H,15,16). The summed E-state index contributed by atoms with van der Waals surface area (Å²) in [6.45, 7) is 4.88. The first kappa shape index (κ1) is 13.4. The highest BCUT2D eigenvalue weighted by molar-refractivity contribution is 5.77. The molecule has 4 heteroatoms. The van der Waals surface area contributed by atoms with Gasteiger partial charge in [0.25, 0.3) is 5.91 Å². The van der Waals surface area contributed by atoms with Crippen LogP contribution in [0.3, 0.4) is 0 Å². The number of para-hydroxylation sites is 2. The van der Waals surface area contributed by atoms with Gasteiger partial charge in [0.1, 0.15) is 5.75 Å². The van der Waals surface area contributed by atoms with Crippen LogP contribution in [-0.4, -0.2) is 19.1 Å². The van der Waals surface area contributed by atoms with Crippen molar-refractivity contribution in [3.05, 3.63) is 24.3 Å². The van der Waals surface area contributed by atoms with Crippen molar-refractivity contribution < 1.29 is 9.53 Å². The fourth-order valence-electron chi connectivity index (χ4n) is 1.24. The van der Waals surface area contributed by atoms with Crippen molar-refractivity contribution in [3.63, 3.8) is 0 Å². The van der Waals surface area contributed by atoms with Gasteiger partial charge in [-0.3, -0.25) is 4.79 Å². The molecule has 1 amide bonds. The van der Waals surface area contributed by atoms with Crippen LogP contribution in [0.5, 0.6) is 5.75 Å². The first-order valence-corrected chi connectivity index (χ1v) is 5.87. The summed E-state index contributed by atoms with van der Waals surface area (Å²) >= 11 is 0. The molecular formula is C13H20N2O2. The maximum absolute atomic E-state index is 11.5. The summed E-state index contributed by atoms with van der Waals surface area (Å²) in [5, 5.41) is 2.82. The van der Waals surface area contributed by atoms with E-state index in [1.807, 2.05) is 12.1 Å². The lowest BCUT2D eigenvalue weighted by molar-refractivity contribution is -0.123. The average molecular weight is 236 g/mol. The predicted octanol–water partition coefficient (Wildman–Crippen LogP) is 1.81. The summed E-state index contributed by atoms with van der Waals surface area (Å²) in [5.74, 6) is 0.917. The molecular weight excluding hydrogens is 216 g/mol. The van der Waals surface area contributed by atoms with Crippen molar-refractivity contribution in [3.8, 4) is 5.75 Å². The number of anilines is 1. The third-order valence-electron chi connectivity index (χ3n) is 2.62. The van der Waals surface area contributed by atoms with E-state index in [9.17, 15) is 4.79 Å². The number of rotatable bonds is 6. The molecule has 0 saturated carbocycles. The van der Waals surface area contributed by atoms with Gasteiger partial charge >= 0.3 is 0 Å². The Morgan fingerprint density at radius 3 is 2.82 bits per heavy atom. The molecule has 0 fully saturated rings. The SMILES string of the molecule is CCC(C)CNC(=O)COc1ccccc1N. The van der Waals surface area contributed by atoms with Gasteiger partial charge in [-0.05, 0) is 18.1 Å². The topological polar surface area (TPSA) is 64.3 Å². The Kier molecular flexibility index (Phi) is 5.33. The minimum Gasteiger partial charge on any atom is -0.482 e. The van der Waals surface area contributed by atoms with Gasteiger partial charge in [0.05, 0.1) is 5.69 Å². The summed E-state index contributed by atoms with van der Waals surface area (Å²) in [5.41, 5.74) is 6.24. The summed E-state index contributed by atoms with van der Waals surface area (Å²) in [7, 11) is 0. The van der Waals surface area contributed by atoms with E-state index in [1.54, 1.807) is 12.1 Å². The third-order valence-corrected chi connectivity index (χ3v) is 2.62. The number of nitrogens with one attached hydrogen (secondary N) is 1. The Bertz CT molecular complexity index is 366. The van der Waals surface area contributed by atoms with Crippen molar-refractivity contribution in [2.75, 3.05) is 18.9 Å². The molecule has 1 unspecified atom stereocenters. The van der Waals surface area contributed by atoms with Gasteiger partial charge in [-0.15, -0.1) is 0 Å². The second-order valence-corrected chi connectivity index (χ2v) is 4.14. The molecule has 0 bridgehead atoms. The molecule has 1 aromatic rings. The van der Waals surface area contributed by atoms with Crippen molar-refractivity contribution in [2.45, 2.75) is 20.3 Å². The largest absolute Gasteiger partial charge is 0.482 e. The van der Waals surface area contributed by atoms with E-state index in [0.717, 1.165) is 6.42 Å². The number of carbonyl (C=O) groups is 1. The minimum absolute atomic E-state index is 0.00461. The number of hydrogen-bond acceptors (Lipinski definition) is 3. The number of carbonyl (C=O) groups excluding carboxylic acids is 1. The molecule has 3 N–H and O–H groups in total. The molecule has 0 spiro atoms. The molecule has 0 radical (unpaired) electrons. The predicted molar refractivity (Wildman–Crippen MR) is 68.8 cm³/mol. The second-order valence-electron chi connectivity index (χ2n) is 4.14. The van der Waals surface area contributed by atoms with Gasteiger partial charge in [0.15, 0.2) is 6.61 Å². The Hall–Kier alpha value is -1.71. The number of ether oxygens (including phenoxy) is 1. The van der Waals surface area contributed by atoms with Crippen LogP contribution in [0, 0.1) is 5.92 Å². The van der Waals surface area contributed by atoms with E-state index in [2.05, 4.69) is 19.2 Å². The number of nitrogens with two attached hydrogens (primary N) is 1. The molecule has 0 aliphatic rings. The van der Waals surface area contributed by atoms with Crippen LogP contribution in [0.4, 0.5) is 5.69 Å². The minimum atomic E-state index is -0.117. The molecule has 1 aromatic carbocycles. The van der Waals surface area contributed by atoms with E-state index in [1.165, 1.54) is 0 Å². The zero-order chi connectivity index (χ0) is 12.7. The highest BCUT2D eigenvalue weighted by Crippen LogP contribution is 2.19. The van der Waals surface area contributed by atoms with Crippen molar-refractivity contribution in [1.29, 1.82) is 0 Å². The van der Waals surface area contributed by atoms with Gasteiger partial charge in [-0.2, -0.15) is 0 Å². The number of amides is 1. The lowest BCUT2D eigenvalue weighted by Gasteiger charge is -2.11. The molecule has 0 aromatic heterocycles. The molecule has 0 aliphatic carbocycles. The van der Waals surface area contributed by atoms with E-state index in [-0.39, 0.29) is 12.5 Å². The maximum Gasteiger partial charge on any atom is 0.257 e. The second kappa shape index (κ2) is 6.78. The first-order chi connectivity index (χ1) is 8.13. The van der Waals surface area contributed by atoms with Crippen molar-refractivity contribution in [2.24, 2.45) is 5.92 Å². The highest BCUT2D eigenvalue weighted by atomic mass is 16.5. The Balaban J connectivity index is 2.31. The zero-order valence-corrected chi connectivity index (χ0v) is 10.4. The summed E-state index contributed by atoms with van der Waals surface area (Å²) in [4.78, 5) is 11.5. The lowest BCUT2D eigenvalue weighted by Crippen LogP contribution is -2.32. The molecule has 0 aliphatic heterocycles. The van der Waals surface area contributed by atoms with Crippen LogP contribution in [-0.2, 0) is 4.79 Å². The van der Waals surface area contributed by atoms with Crippen LogP contribution >= 0.6 is 0 Å². The number of nitrogen functional groups attached to an aromatic ring is 1. The molecule has 1 rings (SSSR count). The monoisotopic (exact) mass is 236 g/mol. The van der Waals surface area contributed by atoms with Crippen LogP contribution in [0.15, 0.2) is 24.3 Å². The molecule has 1 atom stereocenters. The van der Waals surface area contributed by atoms with Gasteiger partial charge in [0.2, 0.25) is 0 Å². The smallest absolute Gasteiger partial charge is 0.257 e. The van der Waals surface area contributed by atoms with Crippen molar-refractivity contribution in [1.82, 2.24) is 5.32 Å². The summed E-state index contributed by atoms with van der Waals surface area (Å²) in [6, 6.07) is 7.14. The van der Waals surface area contributed by atoms with Gasteiger partial charge in [0, 0.05) is 6.54 Å². The van der Waals surface area contributed by atoms with Gasteiger partial charge in [-0.25, -0.2) is 0 Å². The molecule has 4 nitrogen and oxygen atoms in total. The van der Waals surface area contributed by atoms with Gasteiger partial charge < -0.3 is 15.8 Å². The van der Waals surface area contributed by atoms with Gasteiger partial charge in [-0.1, -0.05) is 32.4 Å². The average Bonchev–Trinajstić information content (AvgIpc) is 2.35. The van der Waals surface area contributed by atoms with Crippen LogP contribution in [0.25, 0.3) is 0 Å².